The number of aliphatic hydroxyl groups excluding tert-OH is 1. The zero-order valence-corrected chi connectivity index (χ0v) is 13.5. The van der Waals surface area contributed by atoms with Crippen molar-refractivity contribution in [2.24, 2.45) is 5.92 Å². The fraction of sp³-hybridized carbons (Fsp3) is 0.667. The summed E-state index contributed by atoms with van der Waals surface area (Å²) in [6.07, 6.45) is 5.45. The van der Waals surface area contributed by atoms with Gasteiger partial charge in [0.15, 0.2) is 0 Å². The van der Waals surface area contributed by atoms with Gasteiger partial charge in [0.05, 0.1) is 18.8 Å². The van der Waals surface area contributed by atoms with E-state index in [1.54, 1.807) is 14.2 Å². The van der Waals surface area contributed by atoms with Gasteiger partial charge in [-0.25, -0.2) is 0 Å². The van der Waals surface area contributed by atoms with Crippen LogP contribution in [0, 0.1) is 5.92 Å². The summed E-state index contributed by atoms with van der Waals surface area (Å²) >= 11 is 0. The summed E-state index contributed by atoms with van der Waals surface area (Å²) in [6, 6.07) is 8.06. The van der Waals surface area contributed by atoms with Crippen LogP contribution in [-0.2, 0) is 11.2 Å². The summed E-state index contributed by atoms with van der Waals surface area (Å²) in [7, 11) is 3.41. The van der Waals surface area contributed by atoms with E-state index in [-0.39, 0.29) is 5.60 Å². The Kier molecular flexibility index (Phi) is 5.65. The predicted molar refractivity (Wildman–Crippen MR) is 84.7 cm³/mol. The first-order chi connectivity index (χ1) is 10.1. The van der Waals surface area contributed by atoms with Crippen LogP contribution < -0.4 is 4.74 Å². The quantitative estimate of drug-likeness (QED) is 0.871. The van der Waals surface area contributed by atoms with Crippen molar-refractivity contribution >= 4 is 0 Å². The molecule has 1 atom stereocenters. The van der Waals surface area contributed by atoms with Gasteiger partial charge in [0, 0.05) is 7.11 Å². The number of aliphatic hydroxyl groups is 1. The first kappa shape index (κ1) is 16.3. The van der Waals surface area contributed by atoms with Crippen molar-refractivity contribution in [3.8, 4) is 5.75 Å². The minimum atomic E-state index is -0.392. The summed E-state index contributed by atoms with van der Waals surface area (Å²) in [4.78, 5) is 0. The summed E-state index contributed by atoms with van der Waals surface area (Å²) in [5, 5.41) is 10.6. The maximum absolute atomic E-state index is 10.6. The van der Waals surface area contributed by atoms with Gasteiger partial charge in [-0.05, 0) is 62.1 Å². The van der Waals surface area contributed by atoms with Crippen LogP contribution in [0.2, 0.25) is 0 Å². The van der Waals surface area contributed by atoms with Crippen LogP contribution in [0.4, 0.5) is 0 Å². The highest BCUT2D eigenvalue weighted by Crippen LogP contribution is 2.38. The SMILES string of the molecule is COc1ccc(CCC(O)C2(OC)CCC(C)CC2)cc1. The second-order valence-electron chi connectivity index (χ2n) is 6.35. The summed E-state index contributed by atoms with van der Waals surface area (Å²) in [5.41, 5.74) is 0.893. The highest BCUT2D eigenvalue weighted by Gasteiger charge is 2.40. The number of hydrogen-bond acceptors (Lipinski definition) is 3. The van der Waals surface area contributed by atoms with E-state index in [4.69, 9.17) is 9.47 Å². The molecule has 0 amide bonds. The molecule has 1 saturated carbocycles. The number of rotatable bonds is 6. The van der Waals surface area contributed by atoms with Gasteiger partial charge >= 0.3 is 0 Å². The zero-order valence-electron chi connectivity index (χ0n) is 13.5. The zero-order chi connectivity index (χ0) is 15.3. The number of hydrogen-bond donors (Lipinski definition) is 1. The molecular formula is C18H28O3. The number of ether oxygens (including phenoxy) is 2. The molecule has 1 fully saturated rings. The van der Waals surface area contributed by atoms with E-state index in [1.165, 1.54) is 5.56 Å². The maximum atomic E-state index is 10.6. The van der Waals surface area contributed by atoms with Crippen LogP contribution in [-0.4, -0.2) is 31.0 Å². The standard InChI is InChI=1S/C18H28O3/c1-14-10-12-18(21-3,13-11-14)17(19)9-6-15-4-7-16(20-2)8-5-15/h4-5,7-8,14,17,19H,6,9-13H2,1-3H3. The molecule has 3 heteroatoms. The second-order valence-corrected chi connectivity index (χ2v) is 6.35. The molecule has 118 valence electrons. The molecule has 1 aliphatic rings. The monoisotopic (exact) mass is 292 g/mol. The molecule has 1 aliphatic carbocycles. The average Bonchev–Trinajstić information content (AvgIpc) is 2.54. The molecule has 2 rings (SSSR count). The van der Waals surface area contributed by atoms with Gasteiger partial charge in [-0.15, -0.1) is 0 Å². The van der Waals surface area contributed by atoms with Gasteiger partial charge in [-0.3, -0.25) is 0 Å². The molecule has 0 aliphatic heterocycles. The van der Waals surface area contributed by atoms with Crippen molar-refractivity contribution in [1.82, 2.24) is 0 Å². The third-order valence-corrected chi connectivity index (χ3v) is 5.00. The molecule has 0 radical (unpaired) electrons. The Bertz CT molecular complexity index is 419. The molecule has 0 saturated heterocycles. The molecule has 0 bridgehead atoms. The van der Waals surface area contributed by atoms with E-state index >= 15 is 0 Å². The third kappa shape index (κ3) is 3.98. The van der Waals surface area contributed by atoms with Crippen LogP contribution >= 0.6 is 0 Å². The van der Waals surface area contributed by atoms with E-state index in [2.05, 4.69) is 19.1 Å². The van der Waals surface area contributed by atoms with Crippen LogP contribution in [0.25, 0.3) is 0 Å². The van der Waals surface area contributed by atoms with Gasteiger partial charge in [0.1, 0.15) is 5.75 Å². The predicted octanol–water partition coefficient (Wildman–Crippen LogP) is 3.58. The van der Waals surface area contributed by atoms with E-state index < -0.39 is 6.10 Å². The molecule has 1 N–H and O–H groups in total. The highest BCUT2D eigenvalue weighted by molar-refractivity contribution is 5.27. The highest BCUT2D eigenvalue weighted by atomic mass is 16.5. The van der Waals surface area contributed by atoms with Crippen molar-refractivity contribution in [1.29, 1.82) is 0 Å². The molecule has 0 aromatic heterocycles. The minimum Gasteiger partial charge on any atom is -0.497 e. The maximum Gasteiger partial charge on any atom is 0.118 e. The Balaban J connectivity index is 1.91. The number of methoxy groups -OCH3 is 2. The fourth-order valence-electron chi connectivity index (χ4n) is 3.28. The molecule has 3 nitrogen and oxygen atoms in total. The fourth-order valence-corrected chi connectivity index (χ4v) is 3.28. The second kappa shape index (κ2) is 7.28. The lowest BCUT2D eigenvalue weighted by atomic mass is 9.75. The van der Waals surface area contributed by atoms with E-state index in [9.17, 15) is 5.11 Å². The van der Waals surface area contributed by atoms with Gasteiger partial charge < -0.3 is 14.6 Å². The smallest absolute Gasteiger partial charge is 0.118 e. The van der Waals surface area contributed by atoms with Crippen molar-refractivity contribution in [3.05, 3.63) is 29.8 Å². The molecule has 1 unspecified atom stereocenters. The molecule has 0 spiro atoms. The van der Waals surface area contributed by atoms with Crippen molar-refractivity contribution < 1.29 is 14.6 Å². The topological polar surface area (TPSA) is 38.7 Å². The van der Waals surface area contributed by atoms with Gasteiger partial charge in [0.25, 0.3) is 0 Å². The lowest BCUT2D eigenvalue weighted by Crippen LogP contribution is -2.47. The van der Waals surface area contributed by atoms with Crippen molar-refractivity contribution in [2.75, 3.05) is 14.2 Å². The minimum absolute atomic E-state index is 0.334. The Morgan fingerprint density at radius 1 is 1.19 bits per heavy atom. The Hall–Kier alpha value is -1.06. The van der Waals surface area contributed by atoms with E-state index in [1.807, 2.05) is 12.1 Å². The Labute approximate surface area is 128 Å². The summed E-state index contributed by atoms with van der Waals surface area (Å²) in [5.74, 6) is 1.62. The van der Waals surface area contributed by atoms with Crippen LogP contribution in [0.5, 0.6) is 5.75 Å². The molecule has 0 heterocycles. The first-order valence-corrected chi connectivity index (χ1v) is 7.96. The van der Waals surface area contributed by atoms with Crippen molar-refractivity contribution in [2.45, 2.75) is 57.2 Å². The Morgan fingerprint density at radius 2 is 1.81 bits per heavy atom. The van der Waals surface area contributed by atoms with E-state index in [0.29, 0.717) is 0 Å². The van der Waals surface area contributed by atoms with E-state index in [0.717, 1.165) is 50.2 Å². The average molecular weight is 292 g/mol. The molecular weight excluding hydrogens is 264 g/mol. The van der Waals surface area contributed by atoms with Gasteiger partial charge in [-0.1, -0.05) is 19.1 Å². The summed E-state index contributed by atoms with van der Waals surface area (Å²) < 4.78 is 10.9. The first-order valence-electron chi connectivity index (χ1n) is 7.96. The van der Waals surface area contributed by atoms with Crippen molar-refractivity contribution in [3.63, 3.8) is 0 Å². The molecule has 1 aromatic rings. The summed E-state index contributed by atoms with van der Waals surface area (Å²) in [6.45, 7) is 2.28. The third-order valence-electron chi connectivity index (χ3n) is 5.00. The largest absolute Gasteiger partial charge is 0.497 e. The van der Waals surface area contributed by atoms with Gasteiger partial charge in [-0.2, -0.15) is 0 Å². The normalized spacial score (nSPS) is 27.3. The van der Waals surface area contributed by atoms with Gasteiger partial charge in [0.2, 0.25) is 0 Å². The molecule has 21 heavy (non-hydrogen) atoms. The van der Waals surface area contributed by atoms with Crippen LogP contribution in [0.1, 0.15) is 44.6 Å². The molecule has 1 aromatic carbocycles. The lowest BCUT2D eigenvalue weighted by molar-refractivity contribution is -0.130. The van der Waals surface area contributed by atoms with Crippen LogP contribution in [0.3, 0.4) is 0 Å². The Morgan fingerprint density at radius 3 is 2.33 bits per heavy atom. The number of benzene rings is 1. The lowest BCUT2D eigenvalue weighted by Gasteiger charge is -2.41. The van der Waals surface area contributed by atoms with Crippen LogP contribution in [0.15, 0.2) is 24.3 Å². The number of aryl methyl sites for hydroxylation is 1.